The van der Waals surface area contributed by atoms with Gasteiger partial charge in [0.25, 0.3) is 5.56 Å². The molecule has 0 spiro atoms. The van der Waals surface area contributed by atoms with Crippen LogP contribution in [0.3, 0.4) is 0 Å². The maximum absolute atomic E-state index is 12.3. The number of rotatable bonds is 3. The van der Waals surface area contributed by atoms with E-state index in [0.29, 0.717) is 28.5 Å². The van der Waals surface area contributed by atoms with Gasteiger partial charge in [-0.2, -0.15) is 5.26 Å². The summed E-state index contributed by atoms with van der Waals surface area (Å²) < 4.78 is 6.61. The van der Waals surface area contributed by atoms with Crippen molar-refractivity contribution in [2.45, 2.75) is 19.3 Å². The van der Waals surface area contributed by atoms with Crippen LogP contribution >= 0.6 is 15.9 Å². The molecule has 124 valence electrons. The smallest absolute Gasteiger partial charge is 0.259 e. The first-order chi connectivity index (χ1) is 12.0. The molecule has 1 saturated carbocycles. The van der Waals surface area contributed by atoms with Crippen LogP contribution in [0, 0.1) is 17.2 Å². The molecular weight excluding hydrogens is 382 g/mol. The first kappa shape index (κ1) is 15.9. The summed E-state index contributed by atoms with van der Waals surface area (Å²) in [5.74, 6) is 2.89. The lowest BCUT2D eigenvalue weighted by Gasteiger charge is -2.02. The maximum Gasteiger partial charge on any atom is 0.259 e. The van der Waals surface area contributed by atoms with E-state index in [1.165, 1.54) is 0 Å². The van der Waals surface area contributed by atoms with Crippen molar-refractivity contribution in [2.75, 3.05) is 0 Å². The number of aromatic amines is 1. The zero-order chi connectivity index (χ0) is 17.6. The van der Waals surface area contributed by atoms with Crippen LogP contribution in [0.1, 0.15) is 36.6 Å². The molecule has 1 N–H and O–H groups in total. The van der Waals surface area contributed by atoms with Gasteiger partial charge in [0.05, 0.1) is 16.5 Å². The van der Waals surface area contributed by atoms with Crippen molar-refractivity contribution in [1.82, 2.24) is 9.97 Å². The van der Waals surface area contributed by atoms with E-state index in [-0.39, 0.29) is 17.0 Å². The Labute approximate surface area is 152 Å². The largest absolute Gasteiger partial charge is 0.461 e. The first-order valence-corrected chi connectivity index (χ1v) is 8.76. The molecule has 0 radical (unpaired) electrons. The molecule has 4 rings (SSSR count). The summed E-state index contributed by atoms with van der Waals surface area (Å²) in [6, 6.07) is 11.1. The molecule has 5 nitrogen and oxygen atoms in total. The van der Waals surface area contributed by atoms with E-state index >= 15 is 0 Å². The number of allylic oxidation sites excluding steroid dienone is 1. The lowest BCUT2D eigenvalue weighted by Crippen LogP contribution is -2.11. The van der Waals surface area contributed by atoms with Crippen molar-refractivity contribution < 1.29 is 4.42 Å². The maximum atomic E-state index is 12.3. The Kier molecular flexibility index (Phi) is 3.81. The molecule has 0 saturated heterocycles. The second kappa shape index (κ2) is 6.01. The van der Waals surface area contributed by atoms with Crippen LogP contribution < -0.4 is 5.56 Å². The molecule has 6 heteroatoms. The highest BCUT2D eigenvalue weighted by Gasteiger charge is 2.36. The normalized spacial score (nSPS) is 19.8. The molecule has 0 aliphatic heterocycles. The van der Waals surface area contributed by atoms with Crippen LogP contribution in [0.4, 0.5) is 0 Å². The Morgan fingerprint density at radius 1 is 1.44 bits per heavy atom. The van der Waals surface area contributed by atoms with Gasteiger partial charge in [0, 0.05) is 16.5 Å². The van der Waals surface area contributed by atoms with Gasteiger partial charge in [0.1, 0.15) is 17.6 Å². The summed E-state index contributed by atoms with van der Waals surface area (Å²) in [6.45, 7) is 2.19. The lowest BCUT2D eigenvalue weighted by atomic mass is 10.2. The minimum atomic E-state index is -0.283. The number of nitrogens with one attached hydrogen (secondary N) is 1. The second-order valence-corrected chi connectivity index (χ2v) is 7.22. The first-order valence-electron chi connectivity index (χ1n) is 7.96. The van der Waals surface area contributed by atoms with Crippen LogP contribution in [-0.2, 0) is 0 Å². The number of hydrogen-bond acceptors (Lipinski definition) is 4. The summed E-state index contributed by atoms with van der Waals surface area (Å²) >= 11 is 3.34. The van der Waals surface area contributed by atoms with Crippen LogP contribution in [0.5, 0.6) is 0 Å². The average molecular weight is 396 g/mol. The van der Waals surface area contributed by atoms with E-state index in [1.54, 1.807) is 18.2 Å². The van der Waals surface area contributed by atoms with Gasteiger partial charge in [0.15, 0.2) is 5.82 Å². The summed E-state index contributed by atoms with van der Waals surface area (Å²) in [7, 11) is 0. The minimum absolute atomic E-state index is 0.236. The Morgan fingerprint density at radius 3 is 2.96 bits per heavy atom. The Morgan fingerprint density at radius 2 is 2.24 bits per heavy atom. The molecule has 2 heterocycles. The van der Waals surface area contributed by atoms with Gasteiger partial charge in [-0.3, -0.25) is 4.79 Å². The summed E-state index contributed by atoms with van der Waals surface area (Å²) in [6.07, 6.45) is 2.75. The molecule has 3 aromatic rings. The van der Waals surface area contributed by atoms with E-state index in [2.05, 4.69) is 38.9 Å². The van der Waals surface area contributed by atoms with Crippen LogP contribution in [-0.4, -0.2) is 9.97 Å². The fraction of sp³-hybridized carbons (Fsp3) is 0.211. The third-order valence-electron chi connectivity index (χ3n) is 4.45. The van der Waals surface area contributed by atoms with E-state index in [0.717, 1.165) is 16.7 Å². The highest BCUT2D eigenvalue weighted by atomic mass is 79.9. The molecule has 1 aromatic carbocycles. The predicted octanol–water partition coefficient (Wildman–Crippen LogP) is 4.47. The van der Waals surface area contributed by atoms with Gasteiger partial charge in [-0.1, -0.05) is 22.9 Å². The quantitative estimate of drug-likeness (QED) is 0.663. The molecule has 2 atom stereocenters. The van der Waals surface area contributed by atoms with Gasteiger partial charge in [0.2, 0.25) is 0 Å². The monoisotopic (exact) mass is 395 g/mol. The number of halogens is 1. The van der Waals surface area contributed by atoms with Crippen LogP contribution in [0.2, 0.25) is 0 Å². The summed E-state index contributed by atoms with van der Waals surface area (Å²) in [5.41, 5.74) is 0.510. The van der Waals surface area contributed by atoms with Gasteiger partial charge >= 0.3 is 0 Å². The fourth-order valence-electron chi connectivity index (χ4n) is 2.90. The molecule has 2 unspecified atom stereocenters. The number of benzene rings is 1. The van der Waals surface area contributed by atoms with Crippen LogP contribution in [0.15, 0.2) is 44.0 Å². The zero-order valence-corrected chi connectivity index (χ0v) is 15.0. The Balaban J connectivity index is 1.75. The van der Waals surface area contributed by atoms with Crippen LogP contribution in [0.25, 0.3) is 22.6 Å². The van der Waals surface area contributed by atoms with Gasteiger partial charge < -0.3 is 9.40 Å². The Bertz CT molecular complexity index is 1100. The van der Waals surface area contributed by atoms with Gasteiger partial charge in [-0.05, 0) is 42.7 Å². The average Bonchev–Trinajstić information content (AvgIpc) is 3.15. The van der Waals surface area contributed by atoms with Gasteiger partial charge in [-0.15, -0.1) is 0 Å². The molecular formula is C19H14BrN3O2. The highest BCUT2D eigenvalue weighted by Crippen LogP contribution is 2.47. The van der Waals surface area contributed by atoms with Crippen molar-refractivity contribution in [2.24, 2.45) is 5.92 Å². The third kappa shape index (κ3) is 3.03. The van der Waals surface area contributed by atoms with E-state index in [1.807, 2.05) is 18.2 Å². The molecule has 25 heavy (non-hydrogen) atoms. The Hall–Kier alpha value is -2.65. The van der Waals surface area contributed by atoms with Crippen molar-refractivity contribution in [3.63, 3.8) is 0 Å². The molecule has 1 fully saturated rings. The number of nitrogens with zero attached hydrogens (tertiary/aromatic N) is 2. The summed E-state index contributed by atoms with van der Waals surface area (Å²) in [5, 5.41) is 9.96. The predicted molar refractivity (Wildman–Crippen MR) is 98.8 cm³/mol. The molecule has 1 aliphatic carbocycles. The van der Waals surface area contributed by atoms with Crippen molar-refractivity contribution in [3.8, 4) is 6.07 Å². The second-order valence-electron chi connectivity index (χ2n) is 6.31. The molecule has 2 aromatic heterocycles. The fourth-order valence-corrected chi connectivity index (χ4v) is 3.26. The van der Waals surface area contributed by atoms with Crippen molar-refractivity contribution in [1.29, 1.82) is 5.26 Å². The number of furan rings is 1. The lowest BCUT2D eigenvalue weighted by molar-refractivity contribution is 0.498. The standard InChI is InChI=1S/C19H14BrN3O2/c1-10-6-14(10)17-5-3-13(25-17)7-11(9-21)18-22-16-4-2-12(20)8-15(16)19(24)23-18/h2-5,7-8,10,14H,6H2,1H3,(H,22,23,24). The van der Waals surface area contributed by atoms with E-state index in [9.17, 15) is 10.1 Å². The SMILES string of the molecule is CC1CC1c1ccc(C=C(C#N)c2nc3ccc(Br)cc3c(=O)[nH]2)o1. The van der Waals surface area contributed by atoms with E-state index in [4.69, 9.17) is 4.42 Å². The highest BCUT2D eigenvalue weighted by molar-refractivity contribution is 9.10. The zero-order valence-electron chi connectivity index (χ0n) is 13.4. The number of H-pyrrole nitrogens is 1. The molecule has 0 bridgehead atoms. The number of nitriles is 1. The topological polar surface area (TPSA) is 82.7 Å². The molecule has 1 aliphatic rings. The van der Waals surface area contributed by atoms with Gasteiger partial charge in [-0.25, -0.2) is 4.98 Å². The minimum Gasteiger partial charge on any atom is -0.461 e. The van der Waals surface area contributed by atoms with E-state index < -0.39 is 0 Å². The number of hydrogen-bond donors (Lipinski definition) is 1. The third-order valence-corrected chi connectivity index (χ3v) is 4.95. The summed E-state index contributed by atoms with van der Waals surface area (Å²) in [4.78, 5) is 19.4. The number of fused-ring (bicyclic) bond motifs is 1. The number of aromatic nitrogens is 2. The van der Waals surface area contributed by atoms with Crippen molar-refractivity contribution >= 4 is 38.5 Å². The molecule has 0 amide bonds. The van der Waals surface area contributed by atoms with Crippen molar-refractivity contribution in [3.05, 3.63) is 62.5 Å².